The zero-order valence-electron chi connectivity index (χ0n) is 10.9. The monoisotopic (exact) mass is 299 g/mol. The summed E-state index contributed by atoms with van der Waals surface area (Å²) in [4.78, 5) is 0. The predicted molar refractivity (Wildman–Crippen MR) is 76.8 cm³/mol. The minimum absolute atomic E-state index is 0.582. The first-order chi connectivity index (χ1) is 8.13. The summed E-state index contributed by atoms with van der Waals surface area (Å²) in [5, 5.41) is 3.43. The molecular weight excluding hydrogens is 278 g/mol. The molecule has 0 amide bonds. The van der Waals surface area contributed by atoms with Gasteiger partial charge < -0.3 is 10.1 Å². The molecule has 0 heterocycles. The van der Waals surface area contributed by atoms with Gasteiger partial charge in [-0.1, -0.05) is 29.8 Å². The van der Waals surface area contributed by atoms with Crippen LogP contribution in [0.4, 0.5) is 0 Å². The zero-order chi connectivity index (χ0) is 12.7. The molecule has 0 aliphatic rings. The molecule has 96 valence electrons. The number of halogens is 1. The van der Waals surface area contributed by atoms with E-state index in [4.69, 9.17) is 4.74 Å². The molecule has 2 nitrogen and oxygen atoms in total. The van der Waals surface area contributed by atoms with E-state index in [1.54, 1.807) is 7.11 Å². The van der Waals surface area contributed by atoms with Crippen LogP contribution in [0.1, 0.15) is 32.3 Å². The van der Waals surface area contributed by atoms with E-state index in [2.05, 4.69) is 47.2 Å². The van der Waals surface area contributed by atoms with Gasteiger partial charge >= 0.3 is 0 Å². The summed E-state index contributed by atoms with van der Waals surface area (Å²) in [6, 6.07) is 6.73. The van der Waals surface area contributed by atoms with Gasteiger partial charge in [-0.15, -0.1) is 0 Å². The molecule has 0 spiro atoms. The standard InChI is InChI=1S/C14H22BrNO/c1-11(2)16-9-5-4-6-12-10-13(17-3)7-8-14(12)15/h7-8,10-11,16H,4-6,9H2,1-3H3. The van der Waals surface area contributed by atoms with Gasteiger partial charge in [0.25, 0.3) is 0 Å². The summed E-state index contributed by atoms with van der Waals surface area (Å²) in [7, 11) is 1.71. The fourth-order valence-electron chi connectivity index (χ4n) is 1.70. The lowest BCUT2D eigenvalue weighted by Crippen LogP contribution is -2.23. The zero-order valence-corrected chi connectivity index (χ0v) is 12.5. The fraction of sp³-hybridized carbons (Fsp3) is 0.571. The smallest absolute Gasteiger partial charge is 0.119 e. The number of rotatable bonds is 7. The highest BCUT2D eigenvalue weighted by Gasteiger charge is 2.02. The van der Waals surface area contributed by atoms with Crippen LogP contribution in [0.2, 0.25) is 0 Å². The Kier molecular flexibility index (Phi) is 6.60. The molecule has 17 heavy (non-hydrogen) atoms. The Balaban J connectivity index is 2.35. The maximum absolute atomic E-state index is 5.24. The molecule has 0 aromatic heterocycles. The topological polar surface area (TPSA) is 21.3 Å². The van der Waals surface area contributed by atoms with E-state index in [0.29, 0.717) is 6.04 Å². The average molecular weight is 300 g/mol. The van der Waals surface area contributed by atoms with Crippen LogP contribution in [0, 0.1) is 0 Å². The van der Waals surface area contributed by atoms with Crippen molar-refractivity contribution in [1.82, 2.24) is 5.32 Å². The molecule has 0 saturated heterocycles. The van der Waals surface area contributed by atoms with E-state index in [9.17, 15) is 0 Å². The van der Waals surface area contributed by atoms with E-state index in [1.807, 2.05) is 6.07 Å². The van der Waals surface area contributed by atoms with Crippen LogP contribution in [-0.2, 0) is 6.42 Å². The quantitative estimate of drug-likeness (QED) is 0.774. The molecular formula is C14H22BrNO. The van der Waals surface area contributed by atoms with Gasteiger partial charge in [0.1, 0.15) is 5.75 Å². The van der Waals surface area contributed by atoms with Crippen molar-refractivity contribution in [2.24, 2.45) is 0 Å². The summed E-state index contributed by atoms with van der Waals surface area (Å²) in [6.45, 7) is 5.45. The Labute approximate surface area is 113 Å². The molecule has 0 saturated carbocycles. The Morgan fingerprint density at radius 2 is 2.06 bits per heavy atom. The number of nitrogens with one attached hydrogen (secondary N) is 1. The second-order valence-electron chi connectivity index (χ2n) is 4.52. The third-order valence-electron chi connectivity index (χ3n) is 2.68. The van der Waals surface area contributed by atoms with Crippen LogP contribution >= 0.6 is 15.9 Å². The maximum Gasteiger partial charge on any atom is 0.119 e. The van der Waals surface area contributed by atoms with E-state index in [0.717, 1.165) is 18.7 Å². The highest BCUT2D eigenvalue weighted by molar-refractivity contribution is 9.10. The highest BCUT2D eigenvalue weighted by Crippen LogP contribution is 2.23. The summed E-state index contributed by atoms with van der Waals surface area (Å²) >= 11 is 3.58. The number of hydrogen-bond donors (Lipinski definition) is 1. The van der Waals surface area contributed by atoms with Crippen LogP contribution in [-0.4, -0.2) is 19.7 Å². The summed E-state index contributed by atoms with van der Waals surface area (Å²) in [5.41, 5.74) is 1.33. The predicted octanol–water partition coefficient (Wildman–Crippen LogP) is 3.78. The summed E-state index contributed by atoms with van der Waals surface area (Å²) < 4.78 is 6.41. The van der Waals surface area contributed by atoms with Crippen molar-refractivity contribution >= 4 is 15.9 Å². The first-order valence-corrected chi connectivity index (χ1v) is 6.98. The summed E-state index contributed by atoms with van der Waals surface area (Å²) in [6.07, 6.45) is 3.50. The molecule has 0 radical (unpaired) electrons. The first kappa shape index (κ1) is 14.5. The minimum atomic E-state index is 0.582. The molecule has 3 heteroatoms. The lowest BCUT2D eigenvalue weighted by Gasteiger charge is -2.09. The van der Waals surface area contributed by atoms with Gasteiger partial charge in [0.15, 0.2) is 0 Å². The lowest BCUT2D eigenvalue weighted by molar-refractivity contribution is 0.414. The summed E-state index contributed by atoms with van der Waals surface area (Å²) in [5.74, 6) is 0.934. The number of hydrogen-bond acceptors (Lipinski definition) is 2. The van der Waals surface area contributed by atoms with Gasteiger partial charge in [-0.25, -0.2) is 0 Å². The van der Waals surface area contributed by atoms with Crippen molar-refractivity contribution in [2.75, 3.05) is 13.7 Å². The van der Waals surface area contributed by atoms with Gasteiger partial charge in [-0.2, -0.15) is 0 Å². The van der Waals surface area contributed by atoms with Crippen molar-refractivity contribution in [3.05, 3.63) is 28.2 Å². The molecule has 0 fully saturated rings. The number of methoxy groups -OCH3 is 1. The van der Waals surface area contributed by atoms with Crippen molar-refractivity contribution in [3.63, 3.8) is 0 Å². The molecule has 0 aliphatic heterocycles. The van der Waals surface area contributed by atoms with Crippen molar-refractivity contribution < 1.29 is 4.74 Å². The van der Waals surface area contributed by atoms with Gasteiger partial charge in [0, 0.05) is 10.5 Å². The van der Waals surface area contributed by atoms with Gasteiger partial charge in [0.2, 0.25) is 0 Å². The second kappa shape index (κ2) is 7.72. The maximum atomic E-state index is 5.24. The molecule has 0 bridgehead atoms. The number of benzene rings is 1. The molecule has 1 N–H and O–H groups in total. The Bertz CT molecular complexity index is 339. The van der Waals surface area contributed by atoms with Crippen molar-refractivity contribution in [3.8, 4) is 5.75 Å². The SMILES string of the molecule is COc1ccc(Br)c(CCCCNC(C)C)c1. The number of ether oxygens (including phenoxy) is 1. The van der Waals surface area contributed by atoms with E-state index in [1.165, 1.54) is 22.9 Å². The first-order valence-electron chi connectivity index (χ1n) is 6.19. The molecule has 0 aliphatic carbocycles. The van der Waals surface area contributed by atoms with Crippen LogP contribution in [0.5, 0.6) is 5.75 Å². The van der Waals surface area contributed by atoms with Crippen LogP contribution in [0.15, 0.2) is 22.7 Å². The second-order valence-corrected chi connectivity index (χ2v) is 5.38. The third kappa shape index (κ3) is 5.55. The number of aryl methyl sites for hydroxylation is 1. The number of unbranched alkanes of at least 4 members (excludes halogenated alkanes) is 1. The molecule has 1 aromatic carbocycles. The molecule has 1 rings (SSSR count). The molecule has 1 aromatic rings. The van der Waals surface area contributed by atoms with Gasteiger partial charge in [-0.3, -0.25) is 0 Å². The Hall–Kier alpha value is -0.540. The largest absolute Gasteiger partial charge is 0.497 e. The highest BCUT2D eigenvalue weighted by atomic mass is 79.9. The van der Waals surface area contributed by atoms with Crippen molar-refractivity contribution in [1.29, 1.82) is 0 Å². The van der Waals surface area contributed by atoms with Crippen LogP contribution in [0.3, 0.4) is 0 Å². The van der Waals surface area contributed by atoms with Gasteiger partial charge in [0.05, 0.1) is 7.11 Å². The Morgan fingerprint density at radius 3 is 2.71 bits per heavy atom. The molecule has 0 unspecified atom stereocenters. The normalized spacial score (nSPS) is 10.9. The van der Waals surface area contributed by atoms with Crippen LogP contribution in [0.25, 0.3) is 0 Å². The van der Waals surface area contributed by atoms with Gasteiger partial charge in [-0.05, 0) is 49.6 Å². The van der Waals surface area contributed by atoms with E-state index < -0.39 is 0 Å². The van der Waals surface area contributed by atoms with E-state index >= 15 is 0 Å². The van der Waals surface area contributed by atoms with E-state index in [-0.39, 0.29) is 0 Å². The Morgan fingerprint density at radius 1 is 1.29 bits per heavy atom. The van der Waals surface area contributed by atoms with Crippen molar-refractivity contribution in [2.45, 2.75) is 39.2 Å². The lowest BCUT2D eigenvalue weighted by atomic mass is 10.1. The average Bonchev–Trinajstić information content (AvgIpc) is 2.30. The fourth-order valence-corrected chi connectivity index (χ4v) is 2.15. The molecule has 0 atom stereocenters. The minimum Gasteiger partial charge on any atom is -0.497 e. The third-order valence-corrected chi connectivity index (χ3v) is 3.45. The van der Waals surface area contributed by atoms with Crippen LogP contribution < -0.4 is 10.1 Å².